The summed E-state index contributed by atoms with van der Waals surface area (Å²) in [5.74, 6) is -0.573. The second-order valence-corrected chi connectivity index (χ2v) is 8.80. The Bertz CT molecular complexity index is 1740. The minimum absolute atomic E-state index is 0.142. The van der Waals surface area contributed by atoms with Gasteiger partial charge in [0.1, 0.15) is 17.3 Å². The number of amides is 2. The molecule has 0 fully saturated rings. The number of benzene rings is 4. The molecule has 0 aliphatic heterocycles. The van der Waals surface area contributed by atoms with E-state index in [4.69, 9.17) is 4.74 Å². The van der Waals surface area contributed by atoms with E-state index in [9.17, 15) is 14.4 Å². The molecule has 1 aromatic heterocycles. The maximum absolute atomic E-state index is 15.1. The van der Waals surface area contributed by atoms with E-state index >= 15 is 4.39 Å². The fourth-order valence-electron chi connectivity index (χ4n) is 4.20. The number of hydrogen-bond donors (Lipinski definition) is 1. The van der Waals surface area contributed by atoms with Crippen molar-refractivity contribution in [2.24, 2.45) is 0 Å². The molecule has 5 rings (SSSR count). The molecule has 0 radical (unpaired) electrons. The number of para-hydroxylation sites is 4. The van der Waals surface area contributed by atoms with Crippen molar-refractivity contribution >= 4 is 17.6 Å². The zero-order valence-electron chi connectivity index (χ0n) is 22.0. The van der Waals surface area contributed by atoms with Crippen LogP contribution in [0.15, 0.2) is 108 Å². The first-order valence-electron chi connectivity index (χ1n) is 12.8. The van der Waals surface area contributed by atoms with E-state index in [0.29, 0.717) is 26.6 Å². The summed E-state index contributed by atoms with van der Waals surface area (Å²) in [6, 6.07) is 28.0. The zero-order chi connectivity index (χ0) is 28.8. The van der Waals surface area contributed by atoms with E-state index < -0.39 is 29.1 Å². The molecule has 0 unspecified atom stereocenters. The lowest BCUT2D eigenvalue weighted by Gasteiger charge is -2.22. The molecular formula is C30H25FN6O4. The molecule has 0 aliphatic rings. The number of tetrazole rings is 1. The lowest BCUT2D eigenvalue weighted by molar-refractivity contribution is 0.0950. The van der Waals surface area contributed by atoms with E-state index in [1.165, 1.54) is 17.0 Å². The van der Waals surface area contributed by atoms with Gasteiger partial charge in [-0.1, -0.05) is 66.7 Å². The largest absolute Gasteiger partial charge is 0.455 e. The van der Waals surface area contributed by atoms with Crippen LogP contribution in [0.3, 0.4) is 0 Å². The topological polar surface area (TPSA) is 111 Å². The highest BCUT2D eigenvalue weighted by Crippen LogP contribution is 2.32. The number of nitrogens with zero attached hydrogens (tertiary/aromatic N) is 5. The molecule has 4 aromatic carbocycles. The Hall–Kier alpha value is -5.58. The summed E-state index contributed by atoms with van der Waals surface area (Å²) < 4.78 is 22.2. The van der Waals surface area contributed by atoms with Gasteiger partial charge in [0.25, 0.3) is 5.91 Å². The van der Waals surface area contributed by atoms with Crippen LogP contribution in [0.25, 0.3) is 5.69 Å². The summed E-state index contributed by atoms with van der Waals surface area (Å²) >= 11 is 0. The summed E-state index contributed by atoms with van der Waals surface area (Å²) in [6.07, 6.45) is 0. The molecule has 0 spiro atoms. The maximum atomic E-state index is 15.1. The highest BCUT2D eigenvalue weighted by atomic mass is 19.1. The van der Waals surface area contributed by atoms with Gasteiger partial charge in [0, 0.05) is 13.1 Å². The van der Waals surface area contributed by atoms with E-state index in [0.717, 1.165) is 11.6 Å². The summed E-state index contributed by atoms with van der Waals surface area (Å²) in [5, 5.41) is 10.2. The van der Waals surface area contributed by atoms with Crippen molar-refractivity contribution in [1.29, 1.82) is 0 Å². The first-order valence-corrected chi connectivity index (χ1v) is 12.8. The van der Waals surface area contributed by atoms with Gasteiger partial charge in [0.15, 0.2) is 5.75 Å². The summed E-state index contributed by atoms with van der Waals surface area (Å²) in [5.41, 5.74) is -0.382. The molecule has 0 saturated heterocycles. The standard InChI is InChI=1S/C30H25FN6O4/c1-2-35(25-18-9-10-19-26(25)41-22-14-7-4-8-15-22)29(39)37-30(40)36(33-34-37)27-23(16-11-17-24(27)31)28(38)32-20-21-12-5-3-6-13-21/h3-19H,2,20H2,1H3,(H,32,38). The van der Waals surface area contributed by atoms with Crippen molar-refractivity contribution in [2.45, 2.75) is 13.5 Å². The normalized spacial score (nSPS) is 10.7. The Morgan fingerprint density at radius 3 is 2.29 bits per heavy atom. The molecule has 0 bridgehead atoms. The Morgan fingerprint density at radius 1 is 0.878 bits per heavy atom. The lowest BCUT2D eigenvalue weighted by atomic mass is 10.1. The molecule has 2 amide bonds. The highest BCUT2D eigenvalue weighted by Gasteiger charge is 2.27. The van der Waals surface area contributed by atoms with Gasteiger partial charge in [-0.25, -0.2) is 14.0 Å². The van der Waals surface area contributed by atoms with Crippen molar-refractivity contribution in [3.63, 3.8) is 0 Å². The second kappa shape index (κ2) is 12.1. The summed E-state index contributed by atoms with van der Waals surface area (Å²) in [7, 11) is 0. The minimum atomic E-state index is -1.04. The first kappa shape index (κ1) is 27.0. The van der Waals surface area contributed by atoms with Crippen LogP contribution < -0.4 is 20.6 Å². The fraction of sp³-hybridized carbons (Fsp3) is 0.100. The fourth-order valence-corrected chi connectivity index (χ4v) is 4.20. The number of aromatic nitrogens is 4. The molecule has 10 nitrogen and oxygen atoms in total. The van der Waals surface area contributed by atoms with Crippen LogP contribution in [-0.2, 0) is 6.54 Å². The van der Waals surface area contributed by atoms with Crippen LogP contribution in [0.2, 0.25) is 0 Å². The lowest BCUT2D eigenvalue weighted by Crippen LogP contribution is -2.41. The molecule has 5 aromatic rings. The van der Waals surface area contributed by atoms with Gasteiger partial charge in [-0.2, -0.15) is 4.68 Å². The van der Waals surface area contributed by atoms with Crippen molar-refractivity contribution in [2.75, 3.05) is 11.4 Å². The maximum Gasteiger partial charge on any atom is 0.377 e. The number of rotatable bonds is 8. The number of ether oxygens (including phenoxy) is 1. The Balaban J connectivity index is 1.45. The molecule has 1 N–H and O–H groups in total. The third-order valence-electron chi connectivity index (χ3n) is 6.18. The van der Waals surface area contributed by atoms with Crippen molar-refractivity contribution in [1.82, 2.24) is 25.1 Å². The minimum Gasteiger partial charge on any atom is -0.455 e. The molecule has 0 aliphatic carbocycles. The van der Waals surface area contributed by atoms with Gasteiger partial charge in [0.05, 0.1) is 11.3 Å². The zero-order valence-corrected chi connectivity index (χ0v) is 22.0. The molecule has 0 atom stereocenters. The van der Waals surface area contributed by atoms with E-state index in [-0.39, 0.29) is 18.7 Å². The molecule has 206 valence electrons. The van der Waals surface area contributed by atoms with Crippen molar-refractivity contribution < 1.29 is 18.7 Å². The molecule has 11 heteroatoms. The summed E-state index contributed by atoms with van der Waals surface area (Å²) in [6.45, 7) is 2.06. The van der Waals surface area contributed by atoms with Gasteiger partial charge < -0.3 is 10.1 Å². The number of hydrogen-bond acceptors (Lipinski definition) is 6. The van der Waals surface area contributed by atoms with Crippen LogP contribution >= 0.6 is 0 Å². The average molecular weight is 553 g/mol. The molecule has 0 saturated carbocycles. The Morgan fingerprint density at radius 2 is 1.56 bits per heavy atom. The van der Waals surface area contributed by atoms with Crippen molar-refractivity contribution in [3.8, 4) is 17.2 Å². The third-order valence-corrected chi connectivity index (χ3v) is 6.18. The highest BCUT2D eigenvalue weighted by molar-refractivity contribution is 5.98. The van der Waals surface area contributed by atoms with E-state index in [1.807, 2.05) is 48.5 Å². The first-order chi connectivity index (χ1) is 20.0. The predicted octanol–water partition coefficient (Wildman–Crippen LogP) is 4.79. The van der Waals surface area contributed by atoms with Gasteiger partial charge in [-0.15, -0.1) is 4.68 Å². The number of anilines is 1. The second-order valence-electron chi connectivity index (χ2n) is 8.80. The van der Waals surface area contributed by atoms with E-state index in [2.05, 4.69) is 15.7 Å². The molecule has 1 heterocycles. The van der Waals surface area contributed by atoms with Crippen molar-refractivity contribution in [3.05, 3.63) is 131 Å². The van der Waals surface area contributed by atoms with Gasteiger partial charge in [0.2, 0.25) is 0 Å². The Kier molecular flexibility index (Phi) is 7.95. The Labute approximate surface area is 234 Å². The third kappa shape index (κ3) is 5.74. The average Bonchev–Trinajstić information content (AvgIpc) is 3.38. The quantitative estimate of drug-likeness (QED) is 0.277. The number of halogens is 1. The molecule has 41 heavy (non-hydrogen) atoms. The van der Waals surface area contributed by atoms with Gasteiger partial charge in [-0.3, -0.25) is 9.69 Å². The van der Waals surface area contributed by atoms with Gasteiger partial charge in [-0.05, 0) is 59.3 Å². The number of carbonyl (C=O) groups excluding carboxylic acids is 2. The van der Waals surface area contributed by atoms with Crippen LogP contribution in [0.4, 0.5) is 14.9 Å². The van der Waals surface area contributed by atoms with Crippen LogP contribution in [0.5, 0.6) is 11.5 Å². The summed E-state index contributed by atoms with van der Waals surface area (Å²) in [4.78, 5) is 41.2. The molecular weight excluding hydrogens is 527 g/mol. The predicted molar refractivity (Wildman–Crippen MR) is 150 cm³/mol. The van der Waals surface area contributed by atoms with Gasteiger partial charge >= 0.3 is 11.7 Å². The smallest absolute Gasteiger partial charge is 0.377 e. The van der Waals surface area contributed by atoms with Crippen LogP contribution in [-0.4, -0.2) is 38.3 Å². The van der Waals surface area contributed by atoms with Crippen LogP contribution in [0, 0.1) is 5.82 Å². The van der Waals surface area contributed by atoms with Crippen LogP contribution in [0.1, 0.15) is 22.8 Å². The monoisotopic (exact) mass is 552 g/mol. The SMILES string of the molecule is CCN(C(=O)n1nnn(-c2c(F)cccc2C(=O)NCc2ccccc2)c1=O)c1ccccc1Oc1ccccc1. The number of nitrogens with one attached hydrogen (secondary N) is 1. The number of carbonyl (C=O) groups is 2. The van der Waals surface area contributed by atoms with E-state index in [1.54, 1.807) is 43.3 Å².